The van der Waals surface area contributed by atoms with Gasteiger partial charge in [0.1, 0.15) is 5.41 Å². The number of aliphatic carboxylic acids is 1. The number of carbonyl (C=O) groups is 1. The maximum absolute atomic E-state index is 11.2. The molecule has 0 atom stereocenters. The number of hydrogen-bond acceptors (Lipinski definition) is 3. The van der Waals surface area contributed by atoms with Crippen LogP contribution in [-0.4, -0.2) is 16.2 Å². The first-order valence-electron chi connectivity index (χ1n) is 4.57. The van der Waals surface area contributed by atoms with E-state index in [0.29, 0.717) is 12.8 Å². The molecule has 14 heavy (non-hydrogen) atoms. The van der Waals surface area contributed by atoms with Crippen molar-refractivity contribution in [2.45, 2.75) is 31.1 Å². The van der Waals surface area contributed by atoms with Gasteiger partial charge in [-0.1, -0.05) is 12.8 Å². The molecule has 0 unspecified atom stereocenters. The SMILES string of the molecule is O=C(O)C1(c2cc(=O)[nH]o2)CCCC1. The summed E-state index contributed by atoms with van der Waals surface area (Å²) >= 11 is 0. The number of nitrogens with one attached hydrogen (secondary N) is 1. The highest BCUT2D eigenvalue weighted by Crippen LogP contribution is 2.40. The summed E-state index contributed by atoms with van der Waals surface area (Å²) < 4.78 is 4.89. The van der Waals surface area contributed by atoms with Crippen LogP contribution in [0.1, 0.15) is 31.4 Å². The van der Waals surface area contributed by atoms with Crippen LogP contribution < -0.4 is 5.56 Å². The first-order valence-corrected chi connectivity index (χ1v) is 4.57. The lowest BCUT2D eigenvalue weighted by molar-refractivity contribution is -0.144. The van der Waals surface area contributed by atoms with Gasteiger partial charge in [0.2, 0.25) is 0 Å². The Morgan fingerprint density at radius 2 is 2.14 bits per heavy atom. The summed E-state index contributed by atoms with van der Waals surface area (Å²) in [4.78, 5) is 22.0. The van der Waals surface area contributed by atoms with Crippen LogP contribution in [-0.2, 0) is 10.2 Å². The molecule has 0 aromatic carbocycles. The third-order valence-electron chi connectivity index (χ3n) is 2.86. The van der Waals surface area contributed by atoms with Gasteiger partial charge in [-0.15, -0.1) is 0 Å². The highest BCUT2D eigenvalue weighted by Gasteiger charge is 2.46. The molecule has 0 bridgehead atoms. The Hall–Kier alpha value is -1.52. The van der Waals surface area contributed by atoms with Gasteiger partial charge < -0.3 is 9.63 Å². The summed E-state index contributed by atoms with van der Waals surface area (Å²) in [7, 11) is 0. The zero-order valence-corrected chi connectivity index (χ0v) is 7.58. The molecule has 5 nitrogen and oxygen atoms in total. The first kappa shape index (κ1) is 9.05. The van der Waals surface area contributed by atoms with Crippen molar-refractivity contribution >= 4 is 5.97 Å². The van der Waals surface area contributed by atoms with E-state index in [2.05, 4.69) is 5.16 Å². The van der Waals surface area contributed by atoms with E-state index in [9.17, 15) is 9.59 Å². The van der Waals surface area contributed by atoms with Crippen LogP contribution in [0.2, 0.25) is 0 Å². The third kappa shape index (κ3) is 1.16. The minimum atomic E-state index is -0.973. The Morgan fingerprint density at radius 1 is 1.50 bits per heavy atom. The first-order chi connectivity index (χ1) is 6.65. The monoisotopic (exact) mass is 197 g/mol. The number of H-pyrrole nitrogens is 1. The second-order valence-electron chi connectivity index (χ2n) is 3.67. The average molecular weight is 197 g/mol. The summed E-state index contributed by atoms with van der Waals surface area (Å²) in [5, 5.41) is 11.3. The average Bonchev–Trinajstić information content (AvgIpc) is 2.71. The van der Waals surface area contributed by atoms with Crippen molar-refractivity contribution in [3.63, 3.8) is 0 Å². The van der Waals surface area contributed by atoms with Crippen LogP contribution in [0.15, 0.2) is 15.4 Å². The van der Waals surface area contributed by atoms with Crippen molar-refractivity contribution in [2.24, 2.45) is 0 Å². The smallest absolute Gasteiger partial charge is 0.317 e. The Bertz CT molecular complexity index is 397. The van der Waals surface area contributed by atoms with Crippen LogP contribution in [0.25, 0.3) is 0 Å². The molecular formula is C9H11NO4. The number of aromatic amines is 1. The fourth-order valence-corrected chi connectivity index (χ4v) is 2.06. The predicted octanol–water partition coefficient (Wildman–Crippen LogP) is 0.864. The Kier molecular flexibility index (Phi) is 1.94. The molecule has 0 amide bonds. The van der Waals surface area contributed by atoms with Crippen molar-refractivity contribution in [3.05, 3.63) is 22.2 Å². The maximum Gasteiger partial charge on any atom is 0.317 e. The van der Waals surface area contributed by atoms with Crippen LogP contribution in [0.3, 0.4) is 0 Å². The fraction of sp³-hybridized carbons (Fsp3) is 0.556. The van der Waals surface area contributed by atoms with Gasteiger partial charge in [0.15, 0.2) is 5.76 Å². The Labute approximate surface area is 79.7 Å². The van der Waals surface area contributed by atoms with Gasteiger partial charge in [0.25, 0.3) is 5.56 Å². The van der Waals surface area contributed by atoms with Gasteiger partial charge in [-0.05, 0) is 12.8 Å². The molecule has 2 N–H and O–H groups in total. The van der Waals surface area contributed by atoms with Crippen LogP contribution in [0, 0.1) is 0 Å². The van der Waals surface area contributed by atoms with Crippen molar-refractivity contribution in [2.75, 3.05) is 0 Å². The molecular weight excluding hydrogens is 186 g/mol. The highest BCUT2D eigenvalue weighted by atomic mass is 16.5. The molecule has 0 saturated heterocycles. The van der Waals surface area contributed by atoms with Gasteiger partial charge in [0, 0.05) is 6.07 Å². The maximum atomic E-state index is 11.2. The molecule has 5 heteroatoms. The van der Waals surface area contributed by atoms with E-state index < -0.39 is 11.4 Å². The van der Waals surface area contributed by atoms with Crippen molar-refractivity contribution in [3.8, 4) is 0 Å². The number of aromatic nitrogens is 1. The lowest BCUT2D eigenvalue weighted by atomic mass is 9.84. The minimum Gasteiger partial charge on any atom is -0.480 e. The molecule has 1 aromatic rings. The van der Waals surface area contributed by atoms with Gasteiger partial charge >= 0.3 is 5.97 Å². The second-order valence-corrected chi connectivity index (χ2v) is 3.67. The highest BCUT2D eigenvalue weighted by molar-refractivity contribution is 5.80. The van der Waals surface area contributed by atoms with E-state index in [0.717, 1.165) is 12.8 Å². The van der Waals surface area contributed by atoms with Gasteiger partial charge in [-0.2, -0.15) is 5.16 Å². The van der Waals surface area contributed by atoms with Crippen LogP contribution >= 0.6 is 0 Å². The van der Waals surface area contributed by atoms with E-state index >= 15 is 0 Å². The standard InChI is InChI=1S/C9H11NO4/c11-7-5-6(14-10-7)9(8(12)13)3-1-2-4-9/h5H,1-4H2,(H,10,11)(H,12,13). The zero-order chi connectivity index (χ0) is 10.2. The van der Waals surface area contributed by atoms with Gasteiger partial charge in [-0.25, -0.2) is 0 Å². The molecule has 1 heterocycles. The molecule has 1 saturated carbocycles. The van der Waals surface area contributed by atoms with Gasteiger partial charge in [-0.3, -0.25) is 9.59 Å². The Morgan fingerprint density at radius 3 is 2.57 bits per heavy atom. The molecule has 0 spiro atoms. The van der Waals surface area contributed by atoms with E-state index in [1.807, 2.05) is 0 Å². The topological polar surface area (TPSA) is 83.3 Å². The molecule has 2 rings (SSSR count). The Balaban J connectivity index is 2.45. The van der Waals surface area contributed by atoms with E-state index in [1.54, 1.807) is 0 Å². The lowest BCUT2D eigenvalue weighted by Gasteiger charge is -2.19. The molecule has 76 valence electrons. The normalized spacial score (nSPS) is 19.7. The van der Waals surface area contributed by atoms with Crippen molar-refractivity contribution in [1.82, 2.24) is 5.16 Å². The van der Waals surface area contributed by atoms with E-state index in [-0.39, 0.29) is 11.3 Å². The molecule has 1 aliphatic carbocycles. The number of hydrogen-bond donors (Lipinski definition) is 2. The van der Waals surface area contributed by atoms with Crippen LogP contribution in [0.4, 0.5) is 0 Å². The summed E-state index contributed by atoms with van der Waals surface area (Å²) in [6.07, 6.45) is 2.81. The van der Waals surface area contributed by atoms with E-state index in [1.165, 1.54) is 6.07 Å². The molecule has 1 fully saturated rings. The van der Waals surface area contributed by atoms with Crippen LogP contribution in [0.5, 0.6) is 0 Å². The fourth-order valence-electron chi connectivity index (χ4n) is 2.06. The molecule has 0 radical (unpaired) electrons. The predicted molar refractivity (Wildman–Crippen MR) is 47.1 cm³/mol. The second kappa shape index (κ2) is 3.01. The summed E-state index contributed by atoms with van der Waals surface area (Å²) in [5.41, 5.74) is -1.35. The summed E-state index contributed by atoms with van der Waals surface area (Å²) in [6.45, 7) is 0. The zero-order valence-electron chi connectivity index (χ0n) is 7.58. The number of carboxylic acids is 1. The number of carboxylic acid groups (broad SMARTS) is 1. The quantitative estimate of drug-likeness (QED) is 0.736. The molecule has 0 aliphatic heterocycles. The third-order valence-corrected chi connectivity index (χ3v) is 2.86. The number of rotatable bonds is 2. The molecule has 1 aliphatic rings. The van der Waals surface area contributed by atoms with Crippen molar-refractivity contribution in [1.29, 1.82) is 0 Å². The largest absolute Gasteiger partial charge is 0.480 e. The van der Waals surface area contributed by atoms with Gasteiger partial charge in [0.05, 0.1) is 0 Å². The minimum absolute atomic E-state index is 0.257. The summed E-state index contributed by atoms with van der Waals surface area (Å²) in [5.74, 6) is -0.648. The lowest BCUT2D eigenvalue weighted by Crippen LogP contribution is -2.32. The summed E-state index contributed by atoms with van der Waals surface area (Å²) in [6, 6.07) is 1.24. The van der Waals surface area contributed by atoms with Crippen molar-refractivity contribution < 1.29 is 14.4 Å². The molecule has 1 aromatic heterocycles. The van der Waals surface area contributed by atoms with E-state index in [4.69, 9.17) is 9.63 Å².